The Morgan fingerprint density at radius 2 is 2.41 bits per heavy atom. The van der Waals surface area contributed by atoms with Crippen molar-refractivity contribution in [3.05, 3.63) is 34.2 Å². The van der Waals surface area contributed by atoms with Crippen LogP contribution in [0.25, 0.3) is 0 Å². The summed E-state index contributed by atoms with van der Waals surface area (Å²) >= 11 is 1.76. The van der Waals surface area contributed by atoms with Crippen molar-refractivity contribution in [2.45, 2.75) is 26.2 Å². The van der Waals surface area contributed by atoms with Crippen LogP contribution in [0, 0.1) is 0 Å². The zero-order valence-corrected chi connectivity index (χ0v) is 11.2. The van der Waals surface area contributed by atoms with E-state index in [1.54, 1.807) is 11.3 Å². The summed E-state index contributed by atoms with van der Waals surface area (Å²) < 4.78 is 4.63. The van der Waals surface area contributed by atoms with E-state index in [0.717, 1.165) is 31.5 Å². The van der Waals surface area contributed by atoms with Crippen molar-refractivity contribution in [1.82, 2.24) is 5.32 Å². The van der Waals surface area contributed by atoms with E-state index in [0.29, 0.717) is 0 Å². The first-order valence-corrected chi connectivity index (χ1v) is 6.69. The van der Waals surface area contributed by atoms with Crippen LogP contribution in [0.1, 0.15) is 24.6 Å². The molecule has 1 heterocycles. The number of esters is 1. The average molecular weight is 253 g/mol. The van der Waals surface area contributed by atoms with E-state index in [1.807, 2.05) is 0 Å². The van der Waals surface area contributed by atoms with Crippen molar-refractivity contribution in [2.75, 3.05) is 13.7 Å². The van der Waals surface area contributed by atoms with E-state index in [-0.39, 0.29) is 5.97 Å². The molecule has 0 fully saturated rings. The highest BCUT2D eigenvalue weighted by atomic mass is 32.1. The molecule has 0 aromatic carbocycles. The smallest absolute Gasteiger partial charge is 0.332 e. The van der Waals surface area contributed by atoms with Crippen molar-refractivity contribution in [3.63, 3.8) is 0 Å². The van der Waals surface area contributed by atoms with Gasteiger partial charge in [0, 0.05) is 23.2 Å². The Morgan fingerprint density at radius 1 is 1.59 bits per heavy atom. The normalized spacial score (nSPS) is 11.3. The standard InChI is InChI=1S/C13H19NO2S/c1-3-5-11(10-13(15)16-2)14-8-7-12-6-4-9-17-12/h4,6,9-10,14H,3,5,7-8H2,1-2H3. The minimum absolute atomic E-state index is 0.294. The topological polar surface area (TPSA) is 38.3 Å². The van der Waals surface area contributed by atoms with Gasteiger partial charge in [-0.05, 0) is 24.3 Å². The van der Waals surface area contributed by atoms with E-state index in [4.69, 9.17) is 0 Å². The van der Waals surface area contributed by atoms with E-state index >= 15 is 0 Å². The molecule has 1 N–H and O–H groups in total. The lowest BCUT2D eigenvalue weighted by Crippen LogP contribution is -2.17. The maximum atomic E-state index is 11.2. The molecule has 0 atom stereocenters. The van der Waals surface area contributed by atoms with Gasteiger partial charge >= 0.3 is 5.97 Å². The number of rotatable bonds is 7. The highest BCUT2D eigenvalue weighted by molar-refractivity contribution is 7.09. The Bertz CT molecular complexity index is 358. The molecule has 94 valence electrons. The highest BCUT2D eigenvalue weighted by Gasteiger charge is 2.01. The fourth-order valence-corrected chi connectivity index (χ4v) is 2.19. The summed E-state index contributed by atoms with van der Waals surface area (Å²) in [5.74, 6) is -0.294. The van der Waals surface area contributed by atoms with Gasteiger partial charge < -0.3 is 10.1 Å². The summed E-state index contributed by atoms with van der Waals surface area (Å²) in [6.07, 6.45) is 4.41. The summed E-state index contributed by atoms with van der Waals surface area (Å²) in [6.45, 7) is 2.94. The number of hydrogen-bond donors (Lipinski definition) is 1. The number of carbonyl (C=O) groups is 1. The zero-order chi connectivity index (χ0) is 12.5. The lowest BCUT2D eigenvalue weighted by molar-refractivity contribution is -0.134. The minimum atomic E-state index is -0.294. The van der Waals surface area contributed by atoms with E-state index in [2.05, 4.69) is 34.5 Å². The summed E-state index contributed by atoms with van der Waals surface area (Å²) in [5.41, 5.74) is 0.955. The maximum Gasteiger partial charge on any atom is 0.332 e. The van der Waals surface area contributed by atoms with Crippen LogP contribution >= 0.6 is 11.3 Å². The third kappa shape index (κ3) is 5.54. The molecule has 0 saturated heterocycles. The molecule has 1 aromatic heterocycles. The van der Waals surface area contributed by atoms with Crippen LogP contribution in [0.3, 0.4) is 0 Å². The maximum absolute atomic E-state index is 11.2. The van der Waals surface area contributed by atoms with Crippen LogP contribution in [0.5, 0.6) is 0 Å². The summed E-state index contributed by atoms with van der Waals surface area (Å²) in [7, 11) is 1.40. The second kappa shape index (κ2) is 7.90. The lowest BCUT2D eigenvalue weighted by atomic mass is 10.2. The van der Waals surface area contributed by atoms with Crippen LogP contribution in [0.4, 0.5) is 0 Å². The quantitative estimate of drug-likeness (QED) is 0.600. The lowest BCUT2D eigenvalue weighted by Gasteiger charge is -2.09. The number of methoxy groups -OCH3 is 1. The fraction of sp³-hybridized carbons (Fsp3) is 0.462. The molecule has 0 bridgehead atoms. The van der Waals surface area contributed by atoms with Crippen molar-refractivity contribution < 1.29 is 9.53 Å². The molecule has 0 saturated carbocycles. The van der Waals surface area contributed by atoms with Crippen molar-refractivity contribution in [3.8, 4) is 0 Å². The molecule has 3 nitrogen and oxygen atoms in total. The van der Waals surface area contributed by atoms with Gasteiger partial charge in [0.15, 0.2) is 0 Å². The zero-order valence-electron chi connectivity index (χ0n) is 10.4. The largest absolute Gasteiger partial charge is 0.466 e. The number of carbonyl (C=O) groups excluding carboxylic acids is 1. The van der Waals surface area contributed by atoms with Crippen LogP contribution in [0.15, 0.2) is 29.3 Å². The number of ether oxygens (including phenoxy) is 1. The first kappa shape index (κ1) is 13.8. The van der Waals surface area contributed by atoms with Gasteiger partial charge in [0.25, 0.3) is 0 Å². The molecule has 0 aliphatic heterocycles. The molecule has 0 amide bonds. The van der Waals surface area contributed by atoms with Gasteiger partial charge in [-0.2, -0.15) is 0 Å². The van der Waals surface area contributed by atoms with Gasteiger partial charge in [-0.15, -0.1) is 11.3 Å². The molecule has 0 spiro atoms. The van der Waals surface area contributed by atoms with Crippen LogP contribution in [-0.2, 0) is 16.0 Å². The van der Waals surface area contributed by atoms with E-state index in [1.165, 1.54) is 18.1 Å². The van der Waals surface area contributed by atoms with Gasteiger partial charge in [0.05, 0.1) is 7.11 Å². The SMILES string of the molecule is CCCC(=CC(=O)OC)NCCc1cccs1. The van der Waals surface area contributed by atoms with Crippen molar-refractivity contribution in [2.24, 2.45) is 0 Å². The van der Waals surface area contributed by atoms with Gasteiger partial charge in [-0.25, -0.2) is 4.79 Å². The second-order valence-corrected chi connectivity index (χ2v) is 4.73. The summed E-state index contributed by atoms with van der Waals surface area (Å²) in [5, 5.41) is 5.37. The van der Waals surface area contributed by atoms with Gasteiger partial charge in [0.1, 0.15) is 0 Å². The van der Waals surface area contributed by atoms with Gasteiger partial charge in [-0.3, -0.25) is 0 Å². The first-order chi connectivity index (χ1) is 8.26. The van der Waals surface area contributed by atoms with Crippen molar-refractivity contribution in [1.29, 1.82) is 0 Å². The molecular formula is C13H19NO2S. The number of allylic oxidation sites excluding steroid dienone is 1. The molecule has 0 aliphatic carbocycles. The van der Waals surface area contributed by atoms with Crippen molar-refractivity contribution >= 4 is 17.3 Å². The third-order valence-corrected chi connectivity index (χ3v) is 3.25. The third-order valence-electron chi connectivity index (χ3n) is 2.32. The first-order valence-electron chi connectivity index (χ1n) is 5.81. The molecule has 0 aliphatic rings. The molecule has 1 rings (SSSR count). The highest BCUT2D eigenvalue weighted by Crippen LogP contribution is 2.09. The fourth-order valence-electron chi connectivity index (χ4n) is 1.48. The Hall–Kier alpha value is -1.29. The predicted octanol–water partition coefficient (Wildman–Crippen LogP) is 2.74. The molecule has 0 radical (unpaired) electrons. The summed E-state index contributed by atoms with van der Waals surface area (Å²) in [4.78, 5) is 12.5. The Labute approximate surface area is 106 Å². The Morgan fingerprint density at radius 3 is 3.00 bits per heavy atom. The molecule has 1 aromatic rings. The van der Waals surface area contributed by atoms with Crippen LogP contribution in [-0.4, -0.2) is 19.6 Å². The molecular weight excluding hydrogens is 234 g/mol. The van der Waals surface area contributed by atoms with Gasteiger partial charge in [0.2, 0.25) is 0 Å². The summed E-state index contributed by atoms with van der Waals surface area (Å²) in [6, 6.07) is 4.17. The van der Waals surface area contributed by atoms with Crippen LogP contribution < -0.4 is 5.32 Å². The molecule has 17 heavy (non-hydrogen) atoms. The van der Waals surface area contributed by atoms with E-state index in [9.17, 15) is 4.79 Å². The minimum Gasteiger partial charge on any atom is -0.466 e. The van der Waals surface area contributed by atoms with E-state index < -0.39 is 0 Å². The number of hydrogen-bond acceptors (Lipinski definition) is 4. The number of thiophene rings is 1. The molecule has 0 unspecified atom stereocenters. The van der Waals surface area contributed by atoms with Crippen LogP contribution in [0.2, 0.25) is 0 Å². The second-order valence-electron chi connectivity index (χ2n) is 3.70. The Balaban J connectivity index is 2.39. The van der Waals surface area contributed by atoms with Gasteiger partial charge in [-0.1, -0.05) is 19.4 Å². The Kier molecular flexibility index (Phi) is 6.40. The molecule has 4 heteroatoms. The average Bonchev–Trinajstić information content (AvgIpc) is 2.82. The monoisotopic (exact) mass is 253 g/mol. The number of nitrogens with one attached hydrogen (secondary N) is 1. The predicted molar refractivity (Wildman–Crippen MR) is 71.0 cm³/mol.